The van der Waals surface area contributed by atoms with Crippen LogP contribution < -0.4 is 0 Å². The van der Waals surface area contributed by atoms with Crippen molar-refractivity contribution in [2.24, 2.45) is 5.41 Å². The van der Waals surface area contributed by atoms with E-state index in [0.717, 1.165) is 0 Å². The molecule has 1 aliphatic carbocycles. The van der Waals surface area contributed by atoms with Gasteiger partial charge in [-0.2, -0.15) is 0 Å². The van der Waals surface area contributed by atoms with Gasteiger partial charge in [0.1, 0.15) is 6.10 Å². The molecule has 1 N–H and O–H groups in total. The molecule has 1 saturated heterocycles. The van der Waals surface area contributed by atoms with Gasteiger partial charge < -0.3 is 24.1 Å². The summed E-state index contributed by atoms with van der Waals surface area (Å²) >= 11 is 0. The fraction of sp³-hybridized carbons (Fsp3) is 0.846. The Morgan fingerprint density at radius 3 is 2.15 bits per heavy atom. The van der Waals surface area contributed by atoms with Gasteiger partial charge in [0.15, 0.2) is 11.2 Å². The zero-order valence-electron chi connectivity index (χ0n) is 12.0. The number of ether oxygens (including phenoxy) is 4. The van der Waals surface area contributed by atoms with Gasteiger partial charge in [0, 0.05) is 12.8 Å². The minimum absolute atomic E-state index is 0.0670. The van der Waals surface area contributed by atoms with Crippen molar-refractivity contribution in [3.05, 3.63) is 0 Å². The molecule has 114 valence electrons. The predicted octanol–water partition coefficient (Wildman–Crippen LogP) is -0.00640. The van der Waals surface area contributed by atoms with Gasteiger partial charge in [-0.25, -0.2) is 0 Å². The summed E-state index contributed by atoms with van der Waals surface area (Å²) in [6, 6.07) is 0. The average Bonchev–Trinajstić information content (AvgIpc) is 2.71. The largest absolute Gasteiger partial charge is 0.468 e. The molecule has 0 bridgehead atoms. The van der Waals surface area contributed by atoms with Crippen LogP contribution in [0, 0.1) is 5.41 Å². The van der Waals surface area contributed by atoms with E-state index in [4.69, 9.17) is 18.9 Å². The molecule has 0 radical (unpaired) electrons. The molecule has 7 nitrogen and oxygen atoms in total. The van der Waals surface area contributed by atoms with Gasteiger partial charge in [0.2, 0.25) is 0 Å². The highest BCUT2D eigenvalue weighted by atomic mass is 16.8. The number of carbonyl (C=O) groups is 2. The first-order chi connectivity index (χ1) is 9.25. The number of rotatable bonds is 2. The van der Waals surface area contributed by atoms with Crippen molar-refractivity contribution >= 4 is 11.9 Å². The number of hydrogen-bond donors (Lipinski definition) is 1. The van der Waals surface area contributed by atoms with Crippen LogP contribution in [0.5, 0.6) is 0 Å². The number of carbonyl (C=O) groups excluding carboxylic acids is 2. The Labute approximate surface area is 117 Å². The van der Waals surface area contributed by atoms with Crippen molar-refractivity contribution in [2.75, 3.05) is 14.2 Å². The molecule has 2 rings (SSSR count). The minimum Gasteiger partial charge on any atom is -0.468 e. The minimum atomic E-state index is -1.55. The number of hydrogen-bond acceptors (Lipinski definition) is 7. The maximum Gasteiger partial charge on any atom is 0.323 e. The van der Waals surface area contributed by atoms with E-state index in [1.54, 1.807) is 13.8 Å². The van der Waals surface area contributed by atoms with E-state index in [9.17, 15) is 14.7 Å². The molecule has 0 spiro atoms. The summed E-state index contributed by atoms with van der Waals surface area (Å²) in [5, 5.41) is 10.2. The van der Waals surface area contributed by atoms with Crippen LogP contribution in [0.2, 0.25) is 0 Å². The first-order valence-electron chi connectivity index (χ1n) is 6.46. The molecule has 0 aromatic rings. The lowest BCUT2D eigenvalue weighted by atomic mass is 9.70. The smallest absolute Gasteiger partial charge is 0.323 e. The Morgan fingerprint density at radius 2 is 1.65 bits per heavy atom. The SMILES string of the molecule is COC(=O)C1(C(=O)OC)C[C@@H]2OC(C)(C)O[C@@H]2[C@@H](O)C1. The maximum atomic E-state index is 12.1. The number of aliphatic hydroxyl groups is 1. The molecular weight excluding hydrogens is 268 g/mol. The second-order valence-corrected chi connectivity index (χ2v) is 5.68. The third kappa shape index (κ3) is 2.30. The van der Waals surface area contributed by atoms with E-state index in [1.165, 1.54) is 14.2 Å². The summed E-state index contributed by atoms with van der Waals surface area (Å²) in [7, 11) is 2.39. The monoisotopic (exact) mass is 288 g/mol. The summed E-state index contributed by atoms with van der Waals surface area (Å²) in [6.07, 6.45) is -2.17. The predicted molar refractivity (Wildman–Crippen MR) is 65.5 cm³/mol. The quantitative estimate of drug-likeness (QED) is 0.564. The fourth-order valence-corrected chi connectivity index (χ4v) is 3.05. The standard InChI is InChI=1S/C13H20O7/c1-12(2)19-8-6-13(10(15)17-3,11(16)18-4)5-7(14)9(8)20-12/h7-9,14H,5-6H2,1-4H3/t7-,8-,9+/m0/s1. The highest BCUT2D eigenvalue weighted by Gasteiger charge is 2.61. The van der Waals surface area contributed by atoms with Crippen LogP contribution >= 0.6 is 0 Å². The van der Waals surface area contributed by atoms with E-state index in [1.807, 2.05) is 0 Å². The lowest BCUT2D eigenvalue weighted by Gasteiger charge is -2.39. The molecule has 1 heterocycles. The number of esters is 2. The molecule has 1 saturated carbocycles. The van der Waals surface area contributed by atoms with Gasteiger partial charge in [0.25, 0.3) is 0 Å². The Bertz CT molecular complexity index is 401. The van der Waals surface area contributed by atoms with Crippen molar-refractivity contribution in [3.8, 4) is 0 Å². The lowest BCUT2D eigenvalue weighted by molar-refractivity contribution is -0.181. The van der Waals surface area contributed by atoms with Gasteiger partial charge >= 0.3 is 11.9 Å². The van der Waals surface area contributed by atoms with Crippen molar-refractivity contribution < 1.29 is 33.6 Å². The molecule has 2 aliphatic rings. The molecule has 7 heteroatoms. The molecule has 3 atom stereocenters. The van der Waals surface area contributed by atoms with E-state index in [0.29, 0.717) is 0 Å². The molecule has 0 unspecified atom stereocenters. The van der Waals surface area contributed by atoms with E-state index in [2.05, 4.69) is 0 Å². The molecule has 20 heavy (non-hydrogen) atoms. The third-order valence-electron chi connectivity index (χ3n) is 3.86. The van der Waals surface area contributed by atoms with Gasteiger partial charge in [0.05, 0.1) is 26.4 Å². The van der Waals surface area contributed by atoms with Crippen molar-refractivity contribution in [3.63, 3.8) is 0 Å². The van der Waals surface area contributed by atoms with Crippen LogP contribution in [-0.4, -0.2) is 55.4 Å². The molecule has 1 aliphatic heterocycles. The van der Waals surface area contributed by atoms with Gasteiger partial charge in [-0.1, -0.05) is 0 Å². The summed E-state index contributed by atoms with van der Waals surface area (Å²) in [5.74, 6) is -2.32. The molecule has 0 aromatic carbocycles. The molecule has 0 amide bonds. The Kier molecular flexibility index (Phi) is 3.79. The summed E-state index contributed by atoms with van der Waals surface area (Å²) < 4.78 is 20.7. The van der Waals surface area contributed by atoms with Crippen LogP contribution in [0.4, 0.5) is 0 Å². The van der Waals surface area contributed by atoms with E-state index >= 15 is 0 Å². The van der Waals surface area contributed by atoms with Crippen LogP contribution in [0.15, 0.2) is 0 Å². The Hall–Kier alpha value is -1.18. The van der Waals surface area contributed by atoms with Gasteiger partial charge in [-0.05, 0) is 13.8 Å². The van der Waals surface area contributed by atoms with Crippen molar-refractivity contribution in [1.82, 2.24) is 0 Å². The average molecular weight is 288 g/mol. The summed E-state index contributed by atoms with van der Waals surface area (Å²) in [4.78, 5) is 24.1. The zero-order valence-corrected chi connectivity index (χ0v) is 12.0. The maximum absolute atomic E-state index is 12.1. The highest BCUT2D eigenvalue weighted by Crippen LogP contribution is 2.46. The van der Waals surface area contributed by atoms with Crippen molar-refractivity contribution in [1.29, 1.82) is 0 Å². The fourth-order valence-electron chi connectivity index (χ4n) is 3.05. The number of fused-ring (bicyclic) bond motifs is 1. The summed E-state index contributed by atoms with van der Waals surface area (Å²) in [6.45, 7) is 3.44. The zero-order chi connectivity index (χ0) is 15.1. The van der Waals surface area contributed by atoms with E-state index < -0.39 is 41.5 Å². The first kappa shape index (κ1) is 15.2. The van der Waals surface area contributed by atoms with Crippen LogP contribution in [0.1, 0.15) is 26.7 Å². The molecular formula is C13H20O7. The highest BCUT2D eigenvalue weighted by molar-refractivity contribution is 6.00. The lowest BCUT2D eigenvalue weighted by Crippen LogP contribution is -2.55. The summed E-state index contributed by atoms with van der Waals surface area (Å²) in [5.41, 5.74) is -1.55. The number of aliphatic hydroxyl groups excluding tert-OH is 1. The third-order valence-corrected chi connectivity index (χ3v) is 3.86. The van der Waals surface area contributed by atoms with Gasteiger partial charge in [-0.15, -0.1) is 0 Å². The van der Waals surface area contributed by atoms with Crippen LogP contribution in [-0.2, 0) is 28.5 Å². The number of methoxy groups -OCH3 is 2. The molecule has 0 aromatic heterocycles. The topological polar surface area (TPSA) is 91.3 Å². The van der Waals surface area contributed by atoms with E-state index in [-0.39, 0.29) is 12.8 Å². The Balaban J connectivity index is 2.33. The van der Waals surface area contributed by atoms with Crippen LogP contribution in [0.25, 0.3) is 0 Å². The Morgan fingerprint density at radius 1 is 1.10 bits per heavy atom. The first-order valence-corrected chi connectivity index (χ1v) is 6.46. The molecule has 2 fully saturated rings. The van der Waals surface area contributed by atoms with Gasteiger partial charge in [-0.3, -0.25) is 9.59 Å². The second-order valence-electron chi connectivity index (χ2n) is 5.68. The van der Waals surface area contributed by atoms with Crippen molar-refractivity contribution in [2.45, 2.75) is 50.8 Å². The normalized spacial score (nSPS) is 34.1. The second kappa shape index (κ2) is 4.98. The van der Waals surface area contributed by atoms with Crippen LogP contribution in [0.3, 0.4) is 0 Å².